The predicted octanol–water partition coefficient (Wildman–Crippen LogP) is 2.97. The van der Waals surface area contributed by atoms with Gasteiger partial charge in [0.25, 0.3) is 0 Å². The fourth-order valence-electron chi connectivity index (χ4n) is 2.14. The lowest BCUT2D eigenvalue weighted by Crippen LogP contribution is -2.28. The highest BCUT2D eigenvalue weighted by molar-refractivity contribution is 7.89. The van der Waals surface area contributed by atoms with Gasteiger partial charge in [-0.05, 0) is 49.6 Å². The lowest BCUT2D eigenvalue weighted by atomic mass is 10.1. The fourth-order valence-corrected chi connectivity index (χ4v) is 3.39. The van der Waals surface area contributed by atoms with Crippen molar-refractivity contribution in [3.8, 4) is 5.75 Å². The van der Waals surface area contributed by atoms with Crippen LogP contribution in [0.3, 0.4) is 0 Å². The first kappa shape index (κ1) is 16.5. The summed E-state index contributed by atoms with van der Waals surface area (Å²) in [5, 5.41) is 0. The maximum absolute atomic E-state index is 12.2. The molecule has 4 nitrogen and oxygen atoms in total. The number of sulfonamides is 1. The minimum atomic E-state index is -3.49. The summed E-state index contributed by atoms with van der Waals surface area (Å²) in [5.74, 6) is 0.787. The normalized spacial score (nSPS) is 11.4. The van der Waals surface area contributed by atoms with E-state index in [0.717, 1.165) is 22.4 Å². The molecule has 0 unspecified atom stereocenters. The zero-order chi connectivity index (χ0) is 16.2. The highest BCUT2D eigenvalue weighted by atomic mass is 32.2. The Hall–Kier alpha value is -1.85. The summed E-state index contributed by atoms with van der Waals surface area (Å²) in [4.78, 5) is 0.307. The SMILES string of the molecule is Cc1ccc(C)c(OCCNS(=O)(=O)c2ccccc2C)c1. The van der Waals surface area contributed by atoms with E-state index < -0.39 is 10.0 Å². The zero-order valence-corrected chi connectivity index (χ0v) is 13.9. The minimum Gasteiger partial charge on any atom is -0.492 e. The van der Waals surface area contributed by atoms with Gasteiger partial charge in [0.2, 0.25) is 10.0 Å². The Labute approximate surface area is 132 Å². The molecule has 0 amide bonds. The molecule has 0 radical (unpaired) electrons. The quantitative estimate of drug-likeness (QED) is 0.833. The molecular formula is C17H21NO3S. The second-order valence-electron chi connectivity index (χ2n) is 5.28. The molecule has 1 N–H and O–H groups in total. The van der Waals surface area contributed by atoms with E-state index in [1.807, 2.05) is 38.1 Å². The lowest BCUT2D eigenvalue weighted by Gasteiger charge is -2.12. The largest absolute Gasteiger partial charge is 0.492 e. The monoisotopic (exact) mass is 319 g/mol. The van der Waals surface area contributed by atoms with E-state index in [4.69, 9.17) is 4.74 Å². The Bertz CT molecular complexity index is 754. The van der Waals surface area contributed by atoms with Crippen molar-refractivity contribution in [3.05, 3.63) is 59.2 Å². The molecule has 0 saturated carbocycles. The first-order valence-corrected chi connectivity index (χ1v) is 8.64. The summed E-state index contributed by atoms with van der Waals surface area (Å²) in [7, 11) is -3.49. The van der Waals surface area contributed by atoms with Crippen LogP contribution in [-0.4, -0.2) is 21.6 Å². The summed E-state index contributed by atoms with van der Waals surface area (Å²) in [6.45, 7) is 6.25. The van der Waals surface area contributed by atoms with E-state index in [0.29, 0.717) is 4.90 Å². The molecule has 0 aromatic heterocycles. The number of hydrogen-bond acceptors (Lipinski definition) is 3. The highest BCUT2D eigenvalue weighted by Crippen LogP contribution is 2.19. The summed E-state index contributed by atoms with van der Waals surface area (Å²) < 4.78 is 32.7. The summed E-state index contributed by atoms with van der Waals surface area (Å²) in [5.41, 5.74) is 2.87. The smallest absolute Gasteiger partial charge is 0.240 e. The van der Waals surface area contributed by atoms with Crippen LogP contribution < -0.4 is 9.46 Å². The molecule has 0 aliphatic rings. The van der Waals surface area contributed by atoms with E-state index >= 15 is 0 Å². The van der Waals surface area contributed by atoms with Gasteiger partial charge in [-0.25, -0.2) is 13.1 Å². The Kier molecular flexibility index (Phi) is 5.21. The van der Waals surface area contributed by atoms with Crippen LogP contribution in [0.25, 0.3) is 0 Å². The van der Waals surface area contributed by atoms with Crippen molar-refractivity contribution >= 4 is 10.0 Å². The lowest BCUT2D eigenvalue weighted by molar-refractivity contribution is 0.320. The Balaban J connectivity index is 1.94. The Morgan fingerprint density at radius 2 is 1.73 bits per heavy atom. The van der Waals surface area contributed by atoms with Gasteiger partial charge in [0, 0.05) is 6.54 Å². The molecular weight excluding hydrogens is 298 g/mol. The van der Waals surface area contributed by atoms with Crippen molar-refractivity contribution in [3.63, 3.8) is 0 Å². The minimum absolute atomic E-state index is 0.226. The van der Waals surface area contributed by atoms with Gasteiger partial charge in [0.1, 0.15) is 12.4 Å². The number of hydrogen-bond donors (Lipinski definition) is 1. The molecule has 0 heterocycles. The van der Waals surface area contributed by atoms with Crippen LogP contribution in [0.1, 0.15) is 16.7 Å². The summed E-state index contributed by atoms with van der Waals surface area (Å²) in [6.07, 6.45) is 0. The molecule has 2 aromatic rings. The first-order valence-electron chi connectivity index (χ1n) is 7.15. The average molecular weight is 319 g/mol. The molecule has 2 aromatic carbocycles. The Morgan fingerprint density at radius 1 is 1.00 bits per heavy atom. The molecule has 0 bridgehead atoms. The number of nitrogens with one attached hydrogen (secondary N) is 1. The summed E-state index contributed by atoms with van der Waals surface area (Å²) in [6, 6.07) is 12.9. The van der Waals surface area contributed by atoms with Crippen LogP contribution in [0.4, 0.5) is 0 Å². The van der Waals surface area contributed by atoms with E-state index in [-0.39, 0.29) is 13.2 Å². The molecule has 5 heteroatoms. The Morgan fingerprint density at radius 3 is 2.45 bits per heavy atom. The maximum Gasteiger partial charge on any atom is 0.240 e. The van der Waals surface area contributed by atoms with Crippen LogP contribution in [-0.2, 0) is 10.0 Å². The topological polar surface area (TPSA) is 55.4 Å². The van der Waals surface area contributed by atoms with Gasteiger partial charge in [-0.15, -0.1) is 0 Å². The van der Waals surface area contributed by atoms with Gasteiger partial charge in [0.15, 0.2) is 0 Å². The van der Waals surface area contributed by atoms with Crippen LogP contribution in [0, 0.1) is 20.8 Å². The van der Waals surface area contributed by atoms with E-state index in [1.165, 1.54) is 0 Å². The first-order chi connectivity index (χ1) is 10.4. The zero-order valence-electron chi connectivity index (χ0n) is 13.1. The van der Waals surface area contributed by atoms with Crippen molar-refractivity contribution in [1.29, 1.82) is 0 Å². The van der Waals surface area contributed by atoms with Crippen molar-refractivity contribution in [2.75, 3.05) is 13.2 Å². The average Bonchev–Trinajstić information content (AvgIpc) is 2.47. The number of aryl methyl sites for hydroxylation is 3. The molecule has 0 spiro atoms. The molecule has 0 saturated heterocycles. The second kappa shape index (κ2) is 6.94. The van der Waals surface area contributed by atoms with E-state index in [9.17, 15) is 8.42 Å². The molecule has 0 aliphatic heterocycles. The van der Waals surface area contributed by atoms with Gasteiger partial charge >= 0.3 is 0 Å². The third kappa shape index (κ3) is 4.08. The highest BCUT2D eigenvalue weighted by Gasteiger charge is 2.15. The second-order valence-corrected chi connectivity index (χ2v) is 7.02. The fraction of sp³-hybridized carbons (Fsp3) is 0.294. The summed E-state index contributed by atoms with van der Waals surface area (Å²) >= 11 is 0. The van der Waals surface area contributed by atoms with Gasteiger partial charge in [-0.2, -0.15) is 0 Å². The van der Waals surface area contributed by atoms with Crippen molar-refractivity contribution < 1.29 is 13.2 Å². The molecule has 2 rings (SSSR count). The van der Waals surface area contributed by atoms with Gasteiger partial charge in [0.05, 0.1) is 4.90 Å². The van der Waals surface area contributed by atoms with Crippen molar-refractivity contribution in [2.24, 2.45) is 0 Å². The molecule has 22 heavy (non-hydrogen) atoms. The number of ether oxygens (including phenoxy) is 1. The number of rotatable bonds is 6. The van der Waals surface area contributed by atoms with E-state index in [1.54, 1.807) is 25.1 Å². The molecule has 118 valence electrons. The third-order valence-corrected chi connectivity index (χ3v) is 5.00. The van der Waals surface area contributed by atoms with Gasteiger partial charge in [-0.3, -0.25) is 0 Å². The predicted molar refractivity (Wildman–Crippen MR) is 87.8 cm³/mol. The van der Waals surface area contributed by atoms with Crippen LogP contribution in [0.5, 0.6) is 5.75 Å². The van der Waals surface area contributed by atoms with Crippen molar-refractivity contribution in [2.45, 2.75) is 25.7 Å². The van der Waals surface area contributed by atoms with Crippen LogP contribution in [0.2, 0.25) is 0 Å². The number of benzene rings is 2. The van der Waals surface area contributed by atoms with Crippen molar-refractivity contribution in [1.82, 2.24) is 4.72 Å². The van der Waals surface area contributed by atoms with E-state index in [2.05, 4.69) is 4.72 Å². The van der Waals surface area contributed by atoms with Crippen LogP contribution >= 0.6 is 0 Å². The maximum atomic E-state index is 12.2. The van der Waals surface area contributed by atoms with Crippen LogP contribution in [0.15, 0.2) is 47.4 Å². The standard InChI is InChI=1S/C17H21NO3S/c1-13-8-9-14(2)16(12-13)21-11-10-18-22(19,20)17-7-5-4-6-15(17)3/h4-9,12,18H,10-11H2,1-3H3. The molecule has 0 atom stereocenters. The molecule has 0 fully saturated rings. The third-order valence-electron chi connectivity index (χ3n) is 3.38. The van der Waals surface area contributed by atoms with Gasteiger partial charge in [-0.1, -0.05) is 30.3 Å². The van der Waals surface area contributed by atoms with Gasteiger partial charge < -0.3 is 4.74 Å². The molecule has 0 aliphatic carbocycles.